The van der Waals surface area contributed by atoms with Crippen molar-refractivity contribution in [3.05, 3.63) is 66.0 Å². The molecular weight excluding hydrogens is 252 g/mol. The highest BCUT2D eigenvalue weighted by atomic mass is 16.1. The van der Waals surface area contributed by atoms with E-state index in [2.05, 4.69) is 10.3 Å². The number of rotatable bonds is 4. The number of ketones is 1. The van der Waals surface area contributed by atoms with E-state index in [9.17, 15) is 9.59 Å². The van der Waals surface area contributed by atoms with E-state index in [0.717, 1.165) is 5.56 Å². The monoisotopic (exact) mass is 266 g/mol. The zero-order chi connectivity index (χ0) is 14.4. The molecule has 4 heteroatoms. The highest BCUT2D eigenvalue weighted by molar-refractivity contribution is 6.03. The molecule has 4 nitrogen and oxygen atoms in total. The van der Waals surface area contributed by atoms with Gasteiger partial charge in [-0.3, -0.25) is 14.6 Å². The van der Waals surface area contributed by atoms with E-state index in [0.29, 0.717) is 11.3 Å². The number of nitrogens with one attached hydrogen (secondary N) is 1. The lowest BCUT2D eigenvalue weighted by molar-refractivity contribution is -0.111. The Hall–Kier alpha value is -2.75. The summed E-state index contributed by atoms with van der Waals surface area (Å²) >= 11 is 0. The van der Waals surface area contributed by atoms with Gasteiger partial charge in [0.25, 0.3) is 0 Å². The predicted octanol–water partition coefficient (Wildman–Crippen LogP) is 2.94. The van der Waals surface area contributed by atoms with Crippen LogP contribution in [0, 0.1) is 0 Å². The Morgan fingerprint density at radius 2 is 1.90 bits per heavy atom. The molecule has 0 saturated carbocycles. The van der Waals surface area contributed by atoms with E-state index in [4.69, 9.17) is 0 Å². The molecule has 1 aromatic carbocycles. The second-order valence-electron chi connectivity index (χ2n) is 4.24. The van der Waals surface area contributed by atoms with E-state index in [1.807, 2.05) is 0 Å². The second-order valence-corrected chi connectivity index (χ2v) is 4.24. The Bertz CT molecular complexity index is 649. The van der Waals surface area contributed by atoms with Gasteiger partial charge in [-0.15, -0.1) is 0 Å². The number of aromatic nitrogens is 1. The summed E-state index contributed by atoms with van der Waals surface area (Å²) in [5.74, 6) is -0.282. The lowest BCUT2D eigenvalue weighted by atomic mass is 10.1. The van der Waals surface area contributed by atoms with Crippen LogP contribution in [-0.2, 0) is 4.79 Å². The summed E-state index contributed by atoms with van der Waals surface area (Å²) in [6.07, 6.45) is 6.46. The summed E-state index contributed by atoms with van der Waals surface area (Å²) in [6.45, 7) is 1.49. The Morgan fingerprint density at radius 1 is 1.15 bits per heavy atom. The van der Waals surface area contributed by atoms with Crippen LogP contribution >= 0.6 is 0 Å². The minimum absolute atomic E-state index is 0.0339. The number of hydrogen-bond donors (Lipinski definition) is 1. The maximum Gasteiger partial charge on any atom is 0.248 e. The lowest BCUT2D eigenvalue weighted by Crippen LogP contribution is -2.08. The van der Waals surface area contributed by atoms with Crippen LogP contribution in [0.4, 0.5) is 5.69 Å². The quantitative estimate of drug-likeness (QED) is 0.683. The van der Waals surface area contributed by atoms with Crippen LogP contribution in [0.15, 0.2) is 54.9 Å². The summed E-state index contributed by atoms with van der Waals surface area (Å²) in [4.78, 5) is 26.9. The average Bonchev–Trinajstić information content (AvgIpc) is 2.46. The van der Waals surface area contributed by atoms with E-state index < -0.39 is 0 Å². The zero-order valence-electron chi connectivity index (χ0n) is 11.0. The molecule has 0 atom stereocenters. The zero-order valence-corrected chi connectivity index (χ0v) is 11.0. The Kier molecular flexibility index (Phi) is 4.39. The smallest absolute Gasteiger partial charge is 0.248 e. The van der Waals surface area contributed by atoms with E-state index >= 15 is 0 Å². The molecule has 0 saturated heterocycles. The van der Waals surface area contributed by atoms with Crippen molar-refractivity contribution in [2.24, 2.45) is 0 Å². The third-order valence-corrected chi connectivity index (χ3v) is 2.67. The summed E-state index contributed by atoms with van der Waals surface area (Å²) in [6, 6.07) is 10.5. The van der Waals surface area contributed by atoms with Crippen molar-refractivity contribution in [2.75, 3.05) is 5.32 Å². The molecule has 100 valence electrons. The molecule has 1 aromatic heterocycles. The van der Waals surface area contributed by atoms with Crippen molar-refractivity contribution >= 4 is 23.5 Å². The highest BCUT2D eigenvalue weighted by Gasteiger charge is 2.02. The SMILES string of the molecule is CC(=O)c1cccc(NC(=O)C=Cc2ccncc2)c1. The average molecular weight is 266 g/mol. The Labute approximate surface area is 117 Å². The van der Waals surface area contributed by atoms with Gasteiger partial charge in [-0.1, -0.05) is 12.1 Å². The number of amides is 1. The van der Waals surface area contributed by atoms with Crippen molar-refractivity contribution in [1.82, 2.24) is 4.98 Å². The number of Topliss-reactive ketones (excluding diaryl/α,β-unsaturated/α-hetero) is 1. The van der Waals surface area contributed by atoms with Gasteiger partial charge < -0.3 is 5.32 Å². The maximum absolute atomic E-state index is 11.8. The number of carbonyl (C=O) groups excluding carboxylic acids is 2. The van der Waals surface area contributed by atoms with Crippen LogP contribution in [-0.4, -0.2) is 16.7 Å². The molecule has 0 radical (unpaired) electrons. The van der Waals surface area contributed by atoms with Gasteiger partial charge >= 0.3 is 0 Å². The van der Waals surface area contributed by atoms with Crippen molar-refractivity contribution in [2.45, 2.75) is 6.92 Å². The molecule has 2 rings (SSSR count). The topological polar surface area (TPSA) is 59.1 Å². The Balaban J connectivity index is 2.03. The molecule has 1 N–H and O–H groups in total. The fraction of sp³-hybridized carbons (Fsp3) is 0.0625. The first-order chi connectivity index (χ1) is 9.65. The molecule has 0 unspecified atom stereocenters. The van der Waals surface area contributed by atoms with Crippen LogP contribution in [0.2, 0.25) is 0 Å². The summed E-state index contributed by atoms with van der Waals surface area (Å²) < 4.78 is 0. The number of carbonyl (C=O) groups is 2. The first-order valence-corrected chi connectivity index (χ1v) is 6.15. The van der Waals surface area contributed by atoms with E-state index in [-0.39, 0.29) is 11.7 Å². The van der Waals surface area contributed by atoms with Gasteiger partial charge in [0.15, 0.2) is 5.78 Å². The first-order valence-electron chi connectivity index (χ1n) is 6.15. The lowest BCUT2D eigenvalue weighted by Gasteiger charge is -2.03. The van der Waals surface area contributed by atoms with Crippen LogP contribution in [0.1, 0.15) is 22.8 Å². The normalized spacial score (nSPS) is 10.4. The van der Waals surface area contributed by atoms with E-state index in [1.54, 1.807) is 54.9 Å². The van der Waals surface area contributed by atoms with Crippen molar-refractivity contribution in [3.63, 3.8) is 0 Å². The van der Waals surface area contributed by atoms with Crippen LogP contribution in [0.25, 0.3) is 6.08 Å². The molecule has 0 bridgehead atoms. The van der Waals surface area contributed by atoms with Gasteiger partial charge in [0.05, 0.1) is 0 Å². The van der Waals surface area contributed by atoms with Gasteiger partial charge in [0.1, 0.15) is 0 Å². The fourth-order valence-electron chi connectivity index (χ4n) is 1.65. The highest BCUT2D eigenvalue weighted by Crippen LogP contribution is 2.11. The van der Waals surface area contributed by atoms with Crippen LogP contribution in [0.3, 0.4) is 0 Å². The second kappa shape index (κ2) is 6.43. The number of benzene rings is 1. The summed E-state index contributed by atoms with van der Waals surface area (Å²) in [7, 11) is 0. The minimum Gasteiger partial charge on any atom is -0.322 e. The standard InChI is InChI=1S/C16H14N2O2/c1-12(19)14-3-2-4-15(11-14)18-16(20)6-5-13-7-9-17-10-8-13/h2-11H,1H3,(H,18,20). The summed E-state index contributed by atoms with van der Waals surface area (Å²) in [5, 5.41) is 2.71. The molecular formula is C16H14N2O2. The third kappa shape index (κ3) is 3.88. The van der Waals surface area contributed by atoms with Crippen molar-refractivity contribution < 1.29 is 9.59 Å². The fourth-order valence-corrected chi connectivity index (χ4v) is 1.65. The van der Waals surface area contributed by atoms with Crippen LogP contribution < -0.4 is 5.32 Å². The molecule has 0 aliphatic heterocycles. The molecule has 1 heterocycles. The Morgan fingerprint density at radius 3 is 2.60 bits per heavy atom. The van der Waals surface area contributed by atoms with Gasteiger partial charge in [-0.05, 0) is 42.8 Å². The largest absolute Gasteiger partial charge is 0.322 e. The number of nitrogens with zero attached hydrogens (tertiary/aromatic N) is 1. The van der Waals surface area contributed by atoms with Gasteiger partial charge in [0, 0.05) is 29.7 Å². The van der Waals surface area contributed by atoms with Gasteiger partial charge in [-0.25, -0.2) is 0 Å². The van der Waals surface area contributed by atoms with Gasteiger partial charge in [0.2, 0.25) is 5.91 Å². The van der Waals surface area contributed by atoms with Crippen molar-refractivity contribution in [3.8, 4) is 0 Å². The third-order valence-electron chi connectivity index (χ3n) is 2.67. The maximum atomic E-state index is 11.8. The molecule has 20 heavy (non-hydrogen) atoms. The van der Waals surface area contributed by atoms with E-state index in [1.165, 1.54) is 13.0 Å². The van der Waals surface area contributed by atoms with Crippen molar-refractivity contribution in [1.29, 1.82) is 0 Å². The molecule has 0 spiro atoms. The molecule has 0 aliphatic carbocycles. The molecule has 2 aromatic rings. The number of hydrogen-bond acceptors (Lipinski definition) is 3. The minimum atomic E-state index is -0.248. The molecule has 0 aliphatic rings. The number of pyridine rings is 1. The summed E-state index contributed by atoms with van der Waals surface area (Å²) in [5.41, 5.74) is 2.07. The first kappa shape index (κ1) is 13.7. The predicted molar refractivity (Wildman–Crippen MR) is 78.3 cm³/mol. The molecule has 1 amide bonds. The van der Waals surface area contributed by atoms with Gasteiger partial charge in [-0.2, -0.15) is 0 Å². The van der Waals surface area contributed by atoms with Crippen LogP contribution in [0.5, 0.6) is 0 Å². The number of anilines is 1. The molecule has 0 fully saturated rings.